The third kappa shape index (κ3) is 8.76. The Labute approximate surface area is 250 Å². The molecule has 2 aromatic rings. The Morgan fingerprint density at radius 1 is 1.05 bits per heavy atom. The van der Waals surface area contributed by atoms with Gasteiger partial charge in [0, 0.05) is 19.8 Å². The smallest absolute Gasteiger partial charge is 0.420 e. The second kappa shape index (κ2) is 12.8. The minimum atomic E-state index is -3.78. The summed E-state index contributed by atoms with van der Waals surface area (Å²) in [5.74, 6) is -0.696. The first-order chi connectivity index (χ1) is 19.0. The van der Waals surface area contributed by atoms with Gasteiger partial charge in [0.25, 0.3) is 5.56 Å². The summed E-state index contributed by atoms with van der Waals surface area (Å²) in [4.78, 5) is 53.2. The van der Waals surface area contributed by atoms with Crippen molar-refractivity contribution < 1.29 is 32.3 Å². The van der Waals surface area contributed by atoms with Crippen LogP contribution in [-0.2, 0) is 30.8 Å². The van der Waals surface area contributed by atoms with Gasteiger partial charge in [-0.3, -0.25) is 9.59 Å². The third-order valence-electron chi connectivity index (χ3n) is 5.54. The first-order valence-electron chi connectivity index (χ1n) is 12.9. The van der Waals surface area contributed by atoms with Crippen molar-refractivity contribution in [2.75, 3.05) is 19.4 Å². The maximum atomic E-state index is 13.5. The van der Waals surface area contributed by atoms with Gasteiger partial charge in [-0.1, -0.05) is 17.7 Å². The Morgan fingerprint density at radius 2 is 1.57 bits per heavy atom. The zero-order chi connectivity index (χ0) is 32.4. The summed E-state index contributed by atoms with van der Waals surface area (Å²) in [6.07, 6.45) is -1.02. The number of nitrogens with zero attached hydrogens (tertiary/aromatic N) is 4. The van der Waals surface area contributed by atoms with Crippen LogP contribution in [0.5, 0.6) is 0 Å². The number of hydrogen-bond donors (Lipinski definition) is 1. The lowest BCUT2D eigenvalue weighted by Gasteiger charge is -2.32. The minimum Gasteiger partial charge on any atom is -0.443 e. The number of carbonyl (C=O) groups excluding carboxylic acids is 3. The summed E-state index contributed by atoms with van der Waals surface area (Å²) < 4.78 is 37.9. The first kappa shape index (κ1) is 34.7. The predicted octanol–water partition coefficient (Wildman–Crippen LogP) is 4.33. The van der Waals surface area contributed by atoms with Crippen LogP contribution in [0.4, 0.5) is 15.3 Å². The molecule has 0 saturated heterocycles. The number of amides is 3. The zero-order valence-corrected chi connectivity index (χ0v) is 27.0. The number of benzene rings is 1. The van der Waals surface area contributed by atoms with Crippen molar-refractivity contribution in [3.05, 3.63) is 50.9 Å². The average Bonchev–Trinajstić information content (AvgIpc) is 2.79. The van der Waals surface area contributed by atoms with E-state index in [0.717, 1.165) is 15.2 Å². The van der Waals surface area contributed by atoms with Crippen LogP contribution < -0.4 is 10.9 Å². The van der Waals surface area contributed by atoms with Crippen molar-refractivity contribution >= 4 is 45.4 Å². The Balaban J connectivity index is 2.44. The van der Waals surface area contributed by atoms with Crippen molar-refractivity contribution in [1.29, 1.82) is 0 Å². The first-order valence-corrected chi connectivity index (χ1v) is 14.7. The SMILES string of the molecule is Cc1ccc(NC(=O)Cn2ncc(Cl)c(C(C)N(C(=O)OC(C)(C)C)C(=O)OC(C)(C)C)c2=O)cc1S(=O)(=O)N(C)C. The van der Waals surface area contributed by atoms with E-state index < -0.39 is 57.5 Å². The Morgan fingerprint density at radius 3 is 2.05 bits per heavy atom. The highest BCUT2D eigenvalue weighted by atomic mass is 35.5. The topological polar surface area (TPSA) is 157 Å². The van der Waals surface area contributed by atoms with Crippen LogP contribution in [0.2, 0.25) is 5.02 Å². The third-order valence-corrected chi connectivity index (χ3v) is 7.80. The number of carbonyl (C=O) groups is 3. The molecule has 1 atom stereocenters. The lowest BCUT2D eigenvalue weighted by Crippen LogP contribution is -2.46. The standard InChI is InChI=1S/C27H38ClN5O8S/c1-16-11-12-18(13-20(16)42(38,39)31(9)10)30-21(34)15-32-23(35)22(19(28)14-29-32)17(2)33(24(36)40-26(3,4)5)25(37)41-27(6,7)8/h11-14,17H,15H2,1-10H3,(H,30,34). The van der Waals surface area contributed by atoms with E-state index in [1.807, 2.05) is 0 Å². The predicted molar refractivity (Wildman–Crippen MR) is 157 cm³/mol. The quantitative estimate of drug-likeness (QED) is 0.472. The Bertz CT molecular complexity index is 1500. The lowest BCUT2D eigenvalue weighted by molar-refractivity contribution is -0.117. The molecule has 0 aliphatic rings. The summed E-state index contributed by atoms with van der Waals surface area (Å²) in [6, 6.07) is 3.10. The molecule has 0 saturated carbocycles. The van der Waals surface area contributed by atoms with Gasteiger partial charge >= 0.3 is 12.2 Å². The summed E-state index contributed by atoms with van der Waals surface area (Å²) >= 11 is 6.31. The summed E-state index contributed by atoms with van der Waals surface area (Å²) in [6.45, 7) is 12.1. The molecule has 1 heterocycles. The molecule has 1 unspecified atom stereocenters. The van der Waals surface area contributed by atoms with Crippen LogP contribution in [0, 0.1) is 6.92 Å². The van der Waals surface area contributed by atoms with E-state index in [0.29, 0.717) is 10.5 Å². The fourth-order valence-corrected chi connectivity index (χ4v) is 5.03. The maximum Gasteiger partial charge on any atom is 0.420 e. The van der Waals surface area contributed by atoms with E-state index in [2.05, 4.69) is 10.4 Å². The summed E-state index contributed by atoms with van der Waals surface area (Å²) in [7, 11) is -0.992. The number of aromatic nitrogens is 2. The number of rotatable bonds is 7. The molecule has 13 nitrogen and oxygen atoms in total. The van der Waals surface area contributed by atoms with E-state index in [1.54, 1.807) is 54.5 Å². The Kier molecular flexibility index (Phi) is 10.6. The van der Waals surface area contributed by atoms with Crippen LogP contribution in [0.25, 0.3) is 0 Å². The van der Waals surface area contributed by atoms with E-state index in [4.69, 9.17) is 21.1 Å². The molecule has 0 bridgehead atoms. The highest BCUT2D eigenvalue weighted by Crippen LogP contribution is 2.28. The van der Waals surface area contributed by atoms with Crippen LogP contribution in [0.3, 0.4) is 0 Å². The molecular weight excluding hydrogens is 590 g/mol. The van der Waals surface area contributed by atoms with Crippen LogP contribution in [-0.4, -0.2) is 70.8 Å². The fraction of sp³-hybridized carbons (Fsp3) is 0.519. The van der Waals surface area contributed by atoms with Gasteiger partial charge in [-0.25, -0.2) is 31.9 Å². The molecule has 42 heavy (non-hydrogen) atoms. The van der Waals surface area contributed by atoms with Crippen molar-refractivity contribution in [3.8, 4) is 0 Å². The van der Waals surface area contributed by atoms with Crippen molar-refractivity contribution in [2.45, 2.75) is 84.1 Å². The van der Waals surface area contributed by atoms with Crippen molar-refractivity contribution in [3.63, 3.8) is 0 Å². The molecule has 1 N–H and O–H groups in total. The molecular formula is C27H38ClN5O8S. The van der Waals surface area contributed by atoms with Gasteiger partial charge in [0.15, 0.2) is 0 Å². The number of ether oxygens (including phenoxy) is 2. The number of sulfonamides is 1. The van der Waals surface area contributed by atoms with Crippen molar-refractivity contribution in [1.82, 2.24) is 19.0 Å². The fourth-order valence-electron chi connectivity index (χ4n) is 3.61. The molecule has 15 heteroatoms. The van der Waals surface area contributed by atoms with E-state index in [9.17, 15) is 27.6 Å². The largest absolute Gasteiger partial charge is 0.443 e. The average molecular weight is 628 g/mol. The molecule has 0 aliphatic heterocycles. The number of imide groups is 1. The molecule has 232 valence electrons. The number of nitrogens with one attached hydrogen (secondary N) is 1. The van der Waals surface area contributed by atoms with E-state index >= 15 is 0 Å². The van der Waals surface area contributed by atoms with Gasteiger partial charge in [-0.05, 0) is 73.1 Å². The highest BCUT2D eigenvalue weighted by molar-refractivity contribution is 7.89. The van der Waals surface area contributed by atoms with Gasteiger partial charge in [-0.2, -0.15) is 5.10 Å². The second-order valence-electron chi connectivity index (χ2n) is 11.7. The normalized spacial score (nSPS) is 13.0. The molecule has 0 radical (unpaired) electrons. The summed E-state index contributed by atoms with van der Waals surface area (Å²) in [5.41, 5.74) is -2.33. The van der Waals surface area contributed by atoms with Gasteiger partial charge in [0.05, 0.1) is 27.7 Å². The molecule has 3 amide bonds. The zero-order valence-electron chi connectivity index (χ0n) is 25.4. The van der Waals surface area contributed by atoms with Gasteiger partial charge in [0.1, 0.15) is 17.7 Å². The van der Waals surface area contributed by atoms with Crippen LogP contribution in [0.1, 0.15) is 65.6 Å². The van der Waals surface area contributed by atoms with Gasteiger partial charge in [0.2, 0.25) is 15.9 Å². The lowest BCUT2D eigenvalue weighted by atomic mass is 10.1. The molecule has 2 rings (SSSR count). The highest BCUT2D eigenvalue weighted by Gasteiger charge is 2.37. The van der Waals surface area contributed by atoms with Crippen LogP contribution in [0.15, 0.2) is 34.1 Å². The molecule has 0 spiro atoms. The number of hydrogen-bond acceptors (Lipinski definition) is 9. The maximum absolute atomic E-state index is 13.5. The minimum absolute atomic E-state index is 0.00701. The van der Waals surface area contributed by atoms with Gasteiger partial charge in [-0.15, -0.1) is 0 Å². The molecule has 1 aromatic heterocycles. The van der Waals surface area contributed by atoms with Crippen molar-refractivity contribution in [2.24, 2.45) is 0 Å². The molecule has 1 aromatic carbocycles. The molecule has 0 aliphatic carbocycles. The van der Waals surface area contributed by atoms with E-state index in [-0.39, 0.29) is 21.2 Å². The van der Waals surface area contributed by atoms with E-state index in [1.165, 1.54) is 33.2 Å². The van der Waals surface area contributed by atoms with Gasteiger partial charge < -0.3 is 14.8 Å². The number of anilines is 1. The molecule has 0 fully saturated rings. The number of aryl methyl sites for hydroxylation is 1. The monoisotopic (exact) mass is 627 g/mol. The second-order valence-corrected chi connectivity index (χ2v) is 14.2. The Hall–Kier alpha value is -3.49. The number of halogens is 1. The summed E-state index contributed by atoms with van der Waals surface area (Å²) in [5, 5.41) is 6.33. The van der Waals surface area contributed by atoms with Crippen LogP contribution >= 0.6 is 11.6 Å².